The van der Waals surface area contributed by atoms with E-state index in [1.165, 1.54) is 0 Å². The molecule has 8 heteroatoms. The van der Waals surface area contributed by atoms with E-state index in [1.54, 1.807) is 24.3 Å². The zero-order chi connectivity index (χ0) is 24.4. The standard InChI is InChI=1S/C27H24N4O3S/c1-2-3-12-28-20-9-11-24-21(14-20)25(19-7-4-17(16-32)5-8-19)26(27(33)34)31(24)15-18-6-10-22-23(13-18)30-35-29-22/h4-11,13-14,16,28H,2-3,12,15H2,1H3,(H,33,34). The molecule has 2 heterocycles. The van der Waals surface area contributed by atoms with Crippen molar-refractivity contribution in [3.05, 3.63) is 77.5 Å². The molecule has 0 radical (unpaired) electrons. The highest BCUT2D eigenvalue weighted by molar-refractivity contribution is 7.00. The Labute approximate surface area is 206 Å². The zero-order valence-electron chi connectivity index (χ0n) is 19.2. The van der Waals surface area contributed by atoms with Crippen molar-refractivity contribution >= 4 is 51.6 Å². The summed E-state index contributed by atoms with van der Waals surface area (Å²) < 4.78 is 10.4. The summed E-state index contributed by atoms with van der Waals surface area (Å²) in [6.07, 6.45) is 2.92. The Bertz CT molecular complexity index is 1540. The summed E-state index contributed by atoms with van der Waals surface area (Å²) in [4.78, 5) is 23.8. The summed E-state index contributed by atoms with van der Waals surface area (Å²) >= 11 is 1.16. The number of hydrogen-bond donors (Lipinski definition) is 2. The molecule has 0 saturated heterocycles. The van der Waals surface area contributed by atoms with Crippen LogP contribution in [-0.2, 0) is 6.54 Å². The maximum absolute atomic E-state index is 12.7. The van der Waals surface area contributed by atoms with Gasteiger partial charge in [0, 0.05) is 40.8 Å². The molecule has 0 saturated carbocycles. The summed E-state index contributed by atoms with van der Waals surface area (Å²) in [5.74, 6) is -1.01. The highest BCUT2D eigenvalue weighted by atomic mass is 32.1. The molecular weight excluding hydrogens is 460 g/mol. The molecule has 3 aromatic carbocycles. The lowest BCUT2D eigenvalue weighted by Crippen LogP contribution is -2.10. The van der Waals surface area contributed by atoms with Crippen LogP contribution in [0.25, 0.3) is 33.1 Å². The van der Waals surface area contributed by atoms with E-state index in [2.05, 4.69) is 21.0 Å². The second-order valence-electron chi connectivity index (χ2n) is 8.45. The molecule has 0 fully saturated rings. The second kappa shape index (κ2) is 9.68. The first-order valence-corrected chi connectivity index (χ1v) is 12.2. The van der Waals surface area contributed by atoms with E-state index in [1.807, 2.05) is 41.0 Å². The van der Waals surface area contributed by atoms with E-state index in [9.17, 15) is 14.7 Å². The number of nitrogens with zero attached hydrogens (tertiary/aromatic N) is 3. The summed E-state index contributed by atoms with van der Waals surface area (Å²) in [5.41, 5.74) is 6.48. The fourth-order valence-corrected chi connectivity index (χ4v) is 4.91. The normalized spacial score (nSPS) is 11.2. The number of anilines is 1. The van der Waals surface area contributed by atoms with Crippen molar-refractivity contribution in [1.29, 1.82) is 0 Å². The number of unbranched alkanes of at least 4 members (excludes halogenated alkanes) is 1. The number of carbonyl (C=O) groups excluding carboxylic acids is 1. The van der Waals surface area contributed by atoms with Gasteiger partial charge in [0.1, 0.15) is 23.0 Å². The van der Waals surface area contributed by atoms with Gasteiger partial charge in [-0.2, -0.15) is 8.75 Å². The number of carboxylic acids is 1. The number of aromatic nitrogens is 3. The Kier molecular flexibility index (Phi) is 6.29. The molecule has 35 heavy (non-hydrogen) atoms. The van der Waals surface area contributed by atoms with Crippen molar-refractivity contribution in [2.75, 3.05) is 11.9 Å². The van der Waals surface area contributed by atoms with Crippen LogP contribution in [0.15, 0.2) is 60.7 Å². The lowest BCUT2D eigenvalue weighted by molar-refractivity contribution is 0.0687. The Morgan fingerprint density at radius 3 is 2.60 bits per heavy atom. The Balaban J connectivity index is 1.70. The van der Waals surface area contributed by atoms with Gasteiger partial charge < -0.3 is 15.0 Å². The number of fused-ring (bicyclic) bond motifs is 2. The molecule has 5 rings (SSSR count). The van der Waals surface area contributed by atoms with E-state index >= 15 is 0 Å². The third-order valence-electron chi connectivity index (χ3n) is 6.12. The van der Waals surface area contributed by atoms with Crippen LogP contribution in [0.5, 0.6) is 0 Å². The van der Waals surface area contributed by atoms with Gasteiger partial charge in [-0.15, -0.1) is 0 Å². The van der Waals surface area contributed by atoms with Crippen molar-refractivity contribution in [1.82, 2.24) is 13.3 Å². The molecule has 5 aromatic rings. The van der Waals surface area contributed by atoms with Crippen molar-refractivity contribution in [2.24, 2.45) is 0 Å². The predicted molar refractivity (Wildman–Crippen MR) is 140 cm³/mol. The van der Waals surface area contributed by atoms with Crippen molar-refractivity contribution in [3.63, 3.8) is 0 Å². The quantitative estimate of drug-likeness (QED) is 0.194. The van der Waals surface area contributed by atoms with Gasteiger partial charge in [0.25, 0.3) is 0 Å². The highest BCUT2D eigenvalue weighted by Gasteiger charge is 2.24. The lowest BCUT2D eigenvalue weighted by Gasteiger charge is -2.10. The van der Waals surface area contributed by atoms with Gasteiger partial charge in [-0.3, -0.25) is 4.79 Å². The molecule has 176 valence electrons. The van der Waals surface area contributed by atoms with Crippen LogP contribution in [0, 0.1) is 0 Å². The van der Waals surface area contributed by atoms with E-state index in [0.717, 1.165) is 76.2 Å². The number of nitrogens with one attached hydrogen (secondary N) is 1. The number of aldehydes is 1. The minimum atomic E-state index is -1.01. The van der Waals surface area contributed by atoms with Crippen LogP contribution in [0.1, 0.15) is 46.2 Å². The minimum absolute atomic E-state index is 0.209. The van der Waals surface area contributed by atoms with Crippen LogP contribution >= 0.6 is 11.7 Å². The van der Waals surface area contributed by atoms with Gasteiger partial charge in [-0.1, -0.05) is 43.7 Å². The second-order valence-corrected chi connectivity index (χ2v) is 8.98. The maximum atomic E-state index is 12.7. The molecule has 0 aliphatic heterocycles. The SMILES string of the molecule is CCCCNc1ccc2c(c1)c(-c1ccc(C=O)cc1)c(C(=O)O)n2Cc1ccc2nsnc2c1. The van der Waals surface area contributed by atoms with E-state index in [-0.39, 0.29) is 5.69 Å². The maximum Gasteiger partial charge on any atom is 0.353 e. The number of hydrogen-bond acceptors (Lipinski definition) is 6. The topological polar surface area (TPSA) is 97.1 Å². The van der Waals surface area contributed by atoms with Crippen LogP contribution in [0.4, 0.5) is 5.69 Å². The third kappa shape index (κ3) is 4.40. The molecule has 0 bridgehead atoms. The largest absolute Gasteiger partial charge is 0.477 e. The van der Waals surface area contributed by atoms with E-state index in [0.29, 0.717) is 17.7 Å². The number of carbonyl (C=O) groups is 2. The fourth-order valence-electron chi connectivity index (χ4n) is 4.39. The molecule has 0 aliphatic rings. The van der Waals surface area contributed by atoms with Crippen molar-refractivity contribution in [3.8, 4) is 11.1 Å². The number of rotatable bonds is 9. The molecular formula is C27H24N4O3S. The Morgan fingerprint density at radius 2 is 1.86 bits per heavy atom. The van der Waals surface area contributed by atoms with Gasteiger partial charge in [0.05, 0.1) is 11.7 Å². The number of benzene rings is 3. The monoisotopic (exact) mass is 484 g/mol. The van der Waals surface area contributed by atoms with Gasteiger partial charge >= 0.3 is 5.97 Å². The van der Waals surface area contributed by atoms with E-state index in [4.69, 9.17) is 0 Å². The summed E-state index contributed by atoms with van der Waals surface area (Å²) in [6.45, 7) is 3.37. The molecule has 0 amide bonds. The van der Waals surface area contributed by atoms with Gasteiger partial charge in [-0.25, -0.2) is 4.79 Å². The van der Waals surface area contributed by atoms with Crippen molar-refractivity contribution < 1.29 is 14.7 Å². The zero-order valence-corrected chi connectivity index (χ0v) is 20.0. The summed E-state index contributed by atoms with van der Waals surface area (Å²) in [7, 11) is 0. The predicted octanol–water partition coefficient (Wildman–Crippen LogP) is 6.08. The lowest BCUT2D eigenvalue weighted by atomic mass is 10.00. The summed E-state index contributed by atoms with van der Waals surface area (Å²) in [5, 5.41) is 14.6. The number of carboxylic acid groups (broad SMARTS) is 1. The highest BCUT2D eigenvalue weighted by Crippen LogP contribution is 2.37. The Morgan fingerprint density at radius 1 is 1.06 bits per heavy atom. The third-order valence-corrected chi connectivity index (χ3v) is 6.68. The first kappa shape index (κ1) is 22.7. The van der Waals surface area contributed by atoms with E-state index < -0.39 is 5.97 Å². The van der Waals surface area contributed by atoms with Crippen LogP contribution in [-0.4, -0.2) is 37.2 Å². The average molecular weight is 485 g/mol. The minimum Gasteiger partial charge on any atom is -0.477 e. The van der Waals surface area contributed by atoms with Crippen LogP contribution in [0.2, 0.25) is 0 Å². The Hall–Kier alpha value is -4.04. The molecule has 2 N–H and O–H groups in total. The van der Waals surface area contributed by atoms with Crippen LogP contribution in [0.3, 0.4) is 0 Å². The molecule has 0 aliphatic carbocycles. The van der Waals surface area contributed by atoms with Crippen molar-refractivity contribution in [2.45, 2.75) is 26.3 Å². The fraction of sp³-hybridized carbons (Fsp3) is 0.185. The average Bonchev–Trinajstić information content (AvgIpc) is 3.46. The molecule has 2 aromatic heterocycles. The summed E-state index contributed by atoms with van der Waals surface area (Å²) in [6, 6.07) is 18.8. The molecule has 7 nitrogen and oxygen atoms in total. The van der Waals surface area contributed by atoms with Gasteiger partial charge in [-0.05, 0) is 47.9 Å². The first-order valence-electron chi connectivity index (χ1n) is 11.5. The first-order chi connectivity index (χ1) is 17.1. The number of aromatic carboxylic acids is 1. The molecule has 0 atom stereocenters. The molecule has 0 unspecified atom stereocenters. The van der Waals surface area contributed by atoms with Crippen LogP contribution < -0.4 is 5.32 Å². The van der Waals surface area contributed by atoms with Gasteiger partial charge in [0.2, 0.25) is 0 Å². The molecule has 0 spiro atoms. The smallest absolute Gasteiger partial charge is 0.353 e. The van der Waals surface area contributed by atoms with Gasteiger partial charge in [0.15, 0.2) is 0 Å².